The molecule has 0 spiro atoms. The van der Waals surface area contributed by atoms with Crippen molar-refractivity contribution in [2.75, 3.05) is 24.7 Å². The Kier molecular flexibility index (Phi) is 6.77. The Labute approximate surface area is 173 Å². The first-order valence-corrected chi connectivity index (χ1v) is 10.1. The number of rotatable bonds is 6. The summed E-state index contributed by atoms with van der Waals surface area (Å²) in [5, 5.41) is 0.395. The second-order valence-electron chi connectivity index (χ2n) is 6.59. The summed E-state index contributed by atoms with van der Waals surface area (Å²) in [6, 6.07) is 13.8. The van der Waals surface area contributed by atoms with E-state index < -0.39 is 11.9 Å². The Morgan fingerprint density at radius 1 is 1.10 bits per heavy atom. The SMILES string of the molecule is C[C@@H]1CCN(C(=O)COC(=O)c2ccc(OCC(N)=O)cc2)c2ccccc2S1. The highest BCUT2D eigenvalue weighted by Crippen LogP contribution is 2.37. The average Bonchev–Trinajstić information content (AvgIpc) is 2.88. The molecule has 0 bridgehead atoms. The number of anilines is 1. The fourth-order valence-corrected chi connectivity index (χ4v) is 3.99. The van der Waals surface area contributed by atoms with Crippen LogP contribution in [0.4, 0.5) is 5.69 Å². The zero-order chi connectivity index (χ0) is 20.8. The maximum Gasteiger partial charge on any atom is 0.338 e. The van der Waals surface area contributed by atoms with E-state index in [0.29, 0.717) is 17.5 Å². The van der Waals surface area contributed by atoms with E-state index in [9.17, 15) is 14.4 Å². The number of primary amides is 1. The Hall–Kier alpha value is -3.00. The van der Waals surface area contributed by atoms with Gasteiger partial charge in [-0.25, -0.2) is 4.79 Å². The summed E-state index contributed by atoms with van der Waals surface area (Å²) in [6.07, 6.45) is 0.853. The molecule has 2 N–H and O–H groups in total. The number of esters is 1. The first-order chi connectivity index (χ1) is 13.9. The fourth-order valence-electron chi connectivity index (χ4n) is 2.88. The van der Waals surface area contributed by atoms with Crippen LogP contribution in [0, 0.1) is 0 Å². The standard InChI is InChI=1S/C21H22N2O5S/c1-14-10-11-23(17-4-2-3-5-18(17)29-14)20(25)13-28-21(26)15-6-8-16(9-7-15)27-12-19(22)24/h2-9,14H,10-13H2,1H3,(H2,22,24)/t14-/m1/s1. The van der Waals surface area contributed by atoms with Gasteiger partial charge in [-0.3, -0.25) is 9.59 Å². The summed E-state index contributed by atoms with van der Waals surface area (Å²) in [7, 11) is 0. The van der Waals surface area contributed by atoms with Gasteiger partial charge in [-0.1, -0.05) is 19.1 Å². The van der Waals surface area contributed by atoms with E-state index >= 15 is 0 Å². The molecule has 0 unspecified atom stereocenters. The zero-order valence-electron chi connectivity index (χ0n) is 16.0. The van der Waals surface area contributed by atoms with Crippen molar-refractivity contribution in [1.82, 2.24) is 0 Å². The van der Waals surface area contributed by atoms with Gasteiger partial charge < -0.3 is 20.1 Å². The molecule has 0 radical (unpaired) electrons. The minimum absolute atomic E-state index is 0.244. The number of carbonyl (C=O) groups is 3. The lowest BCUT2D eigenvalue weighted by molar-refractivity contribution is -0.121. The molecule has 0 aromatic heterocycles. The Morgan fingerprint density at radius 3 is 2.55 bits per heavy atom. The topological polar surface area (TPSA) is 98.9 Å². The maximum atomic E-state index is 12.7. The van der Waals surface area contributed by atoms with Crippen LogP contribution in [-0.2, 0) is 14.3 Å². The van der Waals surface area contributed by atoms with Crippen molar-refractivity contribution >= 4 is 35.2 Å². The van der Waals surface area contributed by atoms with Crippen LogP contribution in [0.3, 0.4) is 0 Å². The Balaban J connectivity index is 1.60. The summed E-state index contributed by atoms with van der Waals surface area (Å²) >= 11 is 1.74. The largest absolute Gasteiger partial charge is 0.484 e. The maximum absolute atomic E-state index is 12.7. The minimum Gasteiger partial charge on any atom is -0.484 e. The van der Waals surface area contributed by atoms with Crippen molar-refractivity contribution in [1.29, 1.82) is 0 Å². The molecule has 0 fully saturated rings. The molecule has 0 saturated carbocycles. The van der Waals surface area contributed by atoms with Gasteiger partial charge in [0.2, 0.25) is 0 Å². The number of thioether (sulfide) groups is 1. The number of nitrogens with two attached hydrogens (primary N) is 1. The summed E-state index contributed by atoms with van der Waals surface area (Å²) in [4.78, 5) is 38.5. The molecule has 0 aliphatic carbocycles. The molecule has 0 saturated heterocycles. The van der Waals surface area contributed by atoms with Gasteiger partial charge in [0.15, 0.2) is 13.2 Å². The first kappa shape index (κ1) is 20.7. The lowest BCUT2D eigenvalue weighted by atomic mass is 10.2. The smallest absolute Gasteiger partial charge is 0.338 e. The quantitative estimate of drug-likeness (QED) is 0.730. The van der Waals surface area contributed by atoms with Crippen LogP contribution >= 0.6 is 11.8 Å². The third-order valence-corrected chi connectivity index (χ3v) is 5.58. The highest BCUT2D eigenvalue weighted by Gasteiger charge is 2.25. The highest BCUT2D eigenvalue weighted by molar-refractivity contribution is 8.00. The Bertz CT molecular complexity index is 900. The molecule has 2 amide bonds. The van der Waals surface area contributed by atoms with Crippen LogP contribution in [-0.4, -0.2) is 42.8 Å². The van der Waals surface area contributed by atoms with E-state index in [-0.39, 0.29) is 24.7 Å². The molecular formula is C21H22N2O5S. The summed E-state index contributed by atoms with van der Waals surface area (Å²) in [5.41, 5.74) is 6.15. The fraction of sp³-hybridized carbons (Fsp3) is 0.286. The van der Waals surface area contributed by atoms with Gasteiger partial charge in [0.25, 0.3) is 11.8 Å². The third-order valence-electron chi connectivity index (χ3n) is 4.34. The molecule has 7 nitrogen and oxygen atoms in total. The van der Waals surface area contributed by atoms with Gasteiger partial charge >= 0.3 is 5.97 Å². The molecule has 1 atom stereocenters. The number of fused-ring (bicyclic) bond motifs is 1. The van der Waals surface area contributed by atoms with Crippen LogP contribution in [0.25, 0.3) is 0 Å². The molecule has 1 heterocycles. The molecule has 1 aliphatic heterocycles. The normalized spacial score (nSPS) is 15.8. The highest BCUT2D eigenvalue weighted by atomic mass is 32.2. The molecule has 8 heteroatoms. The van der Waals surface area contributed by atoms with Gasteiger partial charge in [0.1, 0.15) is 5.75 Å². The lowest BCUT2D eigenvalue weighted by Crippen LogP contribution is -2.35. The molecule has 3 rings (SSSR count). The van der Waals surface area contributed by atoms with Crippen LogP contribution in [0.15, 0.2) is 53.4 Å². The zero-order valence-corrected chi connectivity index (χ0v) is 16.8. The molecule has 152 valence electrons. The number of nitrogens with zero attached hydrogens (tertiary/aromatic N) is 1. The van der Waals surface area contributed by atoms with E-state index in [1.165, 1.54) is 24.3 Å². The molecule has 2 aromatic rings. The van der Waals surface area contributed by atoms with Crippen molar-refractivity contribution in [3.05, 3.63) is 54.1 Å². The van der Waals surface area contributed by atoms with E-state index in [1.54, 1.807) is 16.7 Å². The predicted molar refractivity (Wildman–Crippen MR) is 110 cm³/mol. The van der Waals surface area contributed by atoms with E-state index in [0.717, 1.165) is 17.0 Å². The second kappa shape index (κ2) is 9.47. The van der Waals surface area contributed by atoms with Gasteiger partial charge in [-0.05, 0) is 42.8 Å². The van der Waals surface area contributed by atoms with Gasteiger partial charge in [-0.2, -0.15) is 0 Å². The molecule has 2 aromatic carbocycles. The third kappa shape index (κ3) is 5.51. The number of benzene rings is 2. The molecule has 1 aliphatic rings. The molecule has 29 heavy (non-hydrogen) atoms. The van der Waals surface area contributed by atoms with Crippen molar-refractivity contribution in [3.8, 4) is 5.75 Å². The number of hydrogen-bond acceptors (Lipinski definition) is 6. The number of hydrogen-bond donors (Lipinski definition) is 1. The van der Waals surface area contributed by atoms with Crippen LogP contribution in [0.1, 0.15) is 23.7 Å². The van der Waals surface area contributed by atoms with Crippen molar-refractivity contribution < 1.29 is 23.9 Å². The summed E-state index contributed by atoms with van der Waals surface area (Å²) < 4.78 is 10.4. The van der Waals surface area contributed by atoms with E-state index in [1.807, 2.05) is 24.3 Å². The first-order valence-electron chi connectivity index (χ1n) is 9.18. The summed E-state index contributed by atoms with van der Waals surface area (Å²) in [6.45, 7) is 2.12. The van der Waals surface area contributed by atoms with Crippen LogP contribution in [0.5, 0.6) is 5.75 Å². The lowest BCUT2D eigenvalue weighted by Gasteiger charge is -2.22. The van der Waals surface area contributed by atoms with Crippen molar-refractivity contribution in [3.63, 3.8) is 0 Å². The number of amides is 2. The van der Waals surface area contributed by atoms with E-state index in [4.69, 9.17) is 15.2 Å². The van der Waals surface area contributed by atoms with Gasteiger partial charge in [0, 0.05) is 16.7 Å². The van der Waals surface area contributed by atoms with Crippen molar-refractivity contribution in [2.45, 2.75) is 23.5 Å². The Morgan fingerprint density at radius 2 is 1.83 bits per heavy atom. The molecular weight excluding hydrogens is 392 g/mol. The van der Waals surface area contributed by atoms with Crippen molar-refractivity contribution in [2.24, 2.45) is 5.73 Å². The monoisotopic (exact) mass is 414 g/mol. The van der Waals surface area contributed by atoms with Crippen LogP contribution in [0.2, 0.25) is 0 Å². The number of ether oxygens (including phenoxy) is 2. The van der Waals surface area contributed by atoms with E-state index in [2.05, 4.69) is 6.92 Å². The second-order valence-corrected chi connectivity index (χ2v) is 8.07. The van der Waals surface area contributed by atoms with Gasteiger partial charge in [-0.15, -0.1) is 11.8 Å². The summed E-state index contributed by atoms with van der Waals surface area (Å²) in [5.74, 6) is -1.05. The minimum atomic E-state index is -0.606. The number of para-hydroxylation sites is 1. The predicted octanol–water partition coefficient (Wildman–Crippen LogP) is 2.63. The average molecular weight is 414 g/mol. The van der Waals surface area contributed by atoms with Crippen LogP contribution < -0.4 is 15.4 Å². The number of carbonyl (C=O) groups excluding carboxylic acids is 3. The van der Waals surface area contributed by atoms with Gasteiger partial charge in [0.05, 0.1) is 11.3 Å².